The van der Waals surface area contributed by atoms with Crippen molar-refractivity contribution in [1.82, 2.24) is 0 Å². The molecule has 1 fully saturated rings. The summed E-state index contributed by atoms with van der Waals surface area (Å²) in [5, 5.41) is 0. The molecule has 204 valence electrons. The Morgan fingerprint density at radius 3 is 2.05 bits per heavy atom. The second-order valence-corrected chi connectivity index (χ2v) is 11.1. The van der Waals surface area contributed by atoms with Crippen LogP contribution in [0.4, 0.5) is 30.7 Å². The Balaban J connectivity index is 1.40. The first kappa shape index (κ1) is 28.5. The Morgan fingerprint density at radius 1 is 0.763 bits per heavy atom. The lowest BCUT2D eigenvalue weighted by atomic mass is 9.85. The summed E-state index contributed by atoms with van der Waals surface area (Å²) < 4.78 is 104. The Labute approximate surface area is 229 Å². The maximum absolute atomic E-state index is 14.8. The van der Waals surface area contributed by atoms with Crippen LogP contribution in [0.1, 0.15) is 43.2 Å². The van der Waals surface area contributed by atoms with Gasteiger partial charge in [0.15, 0.2) is 11.6 Å². The second kappa shape index (κ2) is 11.7. The zero-order chi connectivity index (χ0) is 27.5. The van der Waals surface area contributed by atoms with E-state index in [0.717, 1.165) is 40.5 Å². The molecule has 1 aliphatic carbocycles. The lowest BCUT2D eigenvalue weighted by Crippen LogP contribution is -2.22. The zero-order valence-corrected chi connectivity index (χ0v) is 22.2. The molecule has 3 aromatic carbocycles. The van der Waals surface area contributed by atoms with Gasteiger partial charge in [-0.05, 0) is 92.0 Å². The molecule has 0 radical (unpaired) electrons. The molecule has 0 aliphatic heterocycles. The smallest absolute Gasteiger partial charge is 0.429 e. The minimum absolute atomic E-state index is 0.0871. The highest BCUT2D eigenvalue weighted by molar-refractivity contribution is 14.1. The molecule has 0 aromatic heterocycles. The van der Waals surface area contributed by atoms with Crippen LogP contribution in [0.2, 0.25) is 0 Å². The predicted octanol–water partition coefficient (Wildman–Crippen LogP) is 9.59. The quantitative estimate of drug-likeness (QED) is 0.137. The van der Waals surface area contributed by atoms with Crippen molar-refractivity contribution in [3.63, 3.8) is 0 Å². The molecule has 1 aliphatic rings. The van der Waals surface area contributed by atoms with E-state index in [0.29, 0.717) is 24.1 Å². The fourth-order valence-electron chi connectivity index (χ4n) is 4.52. The molecule has 38 heavy (non-hydrogen) atoms. The fourth-order valence-corrected chi connectivity index (χ4v) is 5.24. The van der Waals surface area contributed by atoms with Crippen LogP contribution >= 0.6 is 22.6 Å². The predicted molar refractivity (Wildman–Crippen MR) is 138 cm³/mol. The van der Waals surface area contributed by atoms with Crippen molar-refractivity contribution in [2.24, 2.45) is 5.92 Å². The summed E-state index contributed by atoms with van der Waals surface area (Å²) in [6.45, 7) is 0. The van der Waals surface area contributed by atoms with Gasteiger partial charge in [-0.2, -0.15) is 8.78 Å². The molecule has 0 bridgehead atoms. The maximum Gasteiger partial charge on any atom is 0.573 e. The molecular formula is C28H24F7IO2. The summed E-state index contributed by atoms with van der Waals surface area (Å²) >= 11 is 2.49. The molecule has 0 heterocycles. The van der Waals surface area contributed by atoms with Crippen molar-refractivity contribution in [3.8, 4) is 22.6 Å². The molecule has 0 unspecified atom stereocenters. The molecule has 0 atom stereocenters. The van der Waals surface area contributed by atoms with Gasteiger partial charge in [-0.25, -0.2) is 8.78 Å². The van der Waals surface area contributed by atoms with E-state index in [-0.39, 0.29) is 16.9 Å². The minimum atomic E-state index is -5.10. The van der Waals surface area contributed by atoms with Crippen LogP contribution in [-0.2, 0) is 12.5 Å². The zero-order valence-electron chi connectivity index (χ0n) is 20.0. The van der Waals surface area contributed by atoms with Gasteiger partial charge < -0.3 is 9.47 Å². The largest absolute Gasteiger partial charge is 0.573 e. The number of alkyl halides is 6. The molecule has 2 nitrogen and oxygen atoms in total. The number of hydrogen-bond donors (Lipinski definition) is 0. The molecule has 1 saturated carbocycles. The number of ether oxygens (including phenoxy) is 2. The first-order valence-electron chi connectivity index (χ1n) is 12.0. The molecule has 4 rings (SSSR count). The van der Waals surface area contributed by atoms with Crippen molar-refractivity contribution in [1.29, 1.82) is 0 Å². The Bertz CT molecular complexity index is 1240. The van der Waals surface area contributed by atoms with Gasteiger partial charge in [-0.15, -0.1) is 13.2 Å². The van der Waals surface area contributed by atoms with E-state index in [9.17, 15) is 30.7 Å². The number of rotatable bonds is 8. The monoisotopic (exact) mass is 652 g/mol. The molecular weight excluding hydrogens is 628 g/mol. The third kappa shape index (κ3) is 7.54. The van der Waals surface area contributed by atoms with E-state index >= 15 is 0 Å². The average Bonchev–Trinajstić information content (AvgIpc) is 2.85. The number of benzene rings is 3. The van der Waals surface area contributed by atoms with E-state index in [1.54, 1.807) is 12.1 Å². The van der Waals surface area contributed by atoms with Gasteiger partial charge in [-0.3, -0.25) is 0 Å². The fraction of sp³-hybridized carbons (Fsp3) is 0.357. The van der Waals surface area contributed by atoms with Crippen molar-refractivity contribution in [3.05, 3.63) is 83.4 Å². The summed E-state index contributed by atoms with van der Waals surface area (Å²) in [6.07, 6.45) is -2.18. The summed E-state index contributed by atoms with van der Waals surface area (Å²) in [4.78, 5) is 0. The highest BCUT2D eigenvalue weighted by atomic mass is 127. The molecule has 0 N–H and O–H groups in total. The Morgan fingerprint density at radius 2 is 1.45 bits per heavy atom. The Kier molecular flexibility index (Phi) is 8.78. The molecule has 3 aromatic rings. The van der Waals surface area contributed by atoms with E-state index in [2.05, 4.69) is 27.3 Å². The van der Waals surface area contributed by atoms with E-state index in [1.165, 1.54) is 37.8 Å². The molecule has 0 saturated heterocycles. The third-order valence-electron chi connectivity index (χ3n) is 6.56. The van der Waals surface area contributed by atoms with Gasteiger partial charge in [0.2, 0.25) is 0 Å². The normalized spacial score (nSPS) is 18.3. The van der Waals surface area contributed by atoms with Gasteiger partial charge in [0.1, 0.15) is 11.6 Å². The van der Waals surface area contributed by atoms with Crippen LogP contribution in [0.15, 0.2) is 60.7 Å². The number of hydrogen-bond acceptors (Lipinski definition) is 2. The lowest BCUT2D eigenvalue weighted by Gasteiger charge is -2.25. The summed E-state index contributed by atoms with van der Waals surface area (Å²) in [6, 6.07) is 11.1. The molecule has 10 heteroatoms. The minimum Gasteiger partial charge on any atom is -0.429 e. The van der Waals surface area contributed by atoms with E-state index < -0.39 is 35.4 Å². The summed E-state index contributed by atoms with van der Waals surface area (Å²) in [5.74, 6) is -3.00. The summed E-state index contributed by atoms with van der Waals surface area (Å²) in [5.41, 5.74) is -0.181. The van der Waals surface area contributed by atoms with Crippen molar-refractivity contribution in [2.45, 2.75) is 54.9 Å². The highest BCUT2D eigenvalue weighted by Crippen LogP contribution is 2.36. The lowest BCUT2D eigenvalue weighted by molar-refractivity contribution is -0.275. The van der Waals surface area contributed by atoms with Crippen LogP contribution in [0, 0.1) is 17.6 Å². The topological polar surface area (TPSA) is 18.5 Å². The van der Waals surface area contributed by atoms with Crippen molar-refractivity contribution < 1.29 is 40.2 Å². The van der Waals surface area contributed by atoms with Crippen LogP contribution in [0.3, 0.4) is 0 Å². The van der Waals surface area contributed by atoms with E-state index in [4.69, 9.17) is 4.74 Å². The van der Waals surface area contributed by atoms with Crippen LogP contribution in [0.5, 0.6) is 11.5 Å². The standard InChI is InChI=1S/C28H24F7IO2/c29-24-16-20(8-13-23(24)19-7-14-26(25(30)15-19)38-28(33,34)35)27(31,32)37-22-11-5-18(6-12-22)2-1-17-3-9-21(36)10-4-17/h5-8,11-17,21H,1-4,9-10H2. The number of aryl methyl sites for hydroxylation is 1. The first-order chi connectivity index (χ1) is 17.9. The van der Waals surface area contributed by atoms with Gasteiger partial charge in [0.25, 0.3) is 0 Å². The van der Waals surface area contributed by atoms with Gasteiger partial charge in [0, 0.05) is 9.49 Å². The van der Waals surface area contributed by atoms with Crippen LogP contribution in [-0.4, -0.2) is 10.3 Å². The SMILES string of the molecule is Fc1cc(-c2ccc(C(F)(F)Oc3ccc(CCC4CCC(I)CC4)cc3)cc2F)ccc1OC(F)(F)F. The third-order valence-corrected chi connectivity index (χ3v) is 7.81. The van der Waals surface area contributed by atoms with Crippen molar-refractivity contribution in [2.75, 3.05) is 0 Å². The van der Waals surface area contributed by atoms with E-state index in [1.807, 2.05) is 0 Å². The van der Waals surface area contributed by atoms with Gasteiger partial charge >= 0.3 is 12.5 Å². The highest BCUT2D eigenvalue weighted by Gasteiger charge is 2.36. The Hall–Kier alpha value is -2.50. The van der Waals surface area contributed by atoms with Crippen LogP contribution in [0.25, 0.3) is 11.1 Å². The molecule has 0 spiro atoms. The van der Waals surface area contributed by atoms with Crippen molar-refractivity contribution >= 4 is 22.6 Å². The molecule has 0 amide bonds. The summed E-state index contributed by atoms with van der Waals surface area (Å²) in [7, 11) is 0. The second-order valence-electron chi connectivity index (χ2n) is 9.31. The maximum atomic E-state index is 14.8. The van der Waals surface area contributed by atoms with Gasteiger partial charge in [-0.1, -0.05) is 46.9 Å². The number of halogens is 8. The van der Waals surface area contributed by atoms with Gasteiger partial charge in [0.05, 0.1) is 5.56 Å². The first-order valence-corrected chi connectivity index (χ1v) is 13.3. The average molecular weight is 652 g/mol. The van der Waals surface area contributed by atoms with Crippen LogP contribution < -0.4 is 9.47 Å².